The second-order valence-corrected chi connectivity index (χ2v) is 5.38. The number of fused-ring (bicyclic) bond motifs is 1. The molecule has 0 aliphatic heterocycles. The van der Waals surface area contributed by atoms with Gasteiger partial charge in [0.2, 0.25) is 0 Å². The molecular formula is C13H8Cl2N6O. The van der Waals surface area contributed by atoms with Crippen molar-refractivity contribution >= 4 is 40.1 Å². The number of nitrogens with one attached hydrogen (secondary N) is 2. The van der Waals surface area contributed by atoms with Crippen molar-refractivity contribution in [2.75, 3.05) is 5.73 Å². The molecule has 0 spiro atoms. The third-order valence-electron chi connectivity index (χ3n) is 3.31. The third kappa shape index (κ3) is 1.87. The average molecular weight is 335 g/mol. The van der Waals surface area contributed by atoms with Crippen LogP contribution in [0.25, 0.3) is 33.6 Å². The maximum Gasteiger partial charge on any atom is 0.313 e. The van der Waals surface area contributed by atoms with Crippen LogP contribution in [0.1, 0.15) is 0 Å². The van der Waals surface area contributed by atoms with Crippen LogP contribution in [0.2, 0.25) is 10.0 Å². The van der Waals surface area contributed by atoms with Crippen molar-refractivity contribution in [3.8, 4) is 22.7 Å². The number of nitrogen functional groups attached to an aromatic ring is 1. The molecule has 22 heavy (non-hydrogen) atoms. The summed E-state index contributed by atoms with van der Waals surface area (Å²) in [5, 5.41) is 16.1. The van der Waals surface area contributed by atoms with Crippen LogP contribution in [0.4, 0.5) is 6.01 Å². The summed E-state index contributed by atoms with van der Waals surface area (Å²) < 4.78 is 5.33. The number of nitrogens with two attached hydrogens (primary N) is 1. The highest BCUT2D eigenvalue weighted by atomic mass is 35.5. The van der Waals surface area contributed by atoms with Crippen molar-refractivity contribution in [2.45, 2.75) is 0 Å². The first-order chi connectivity index (χ1) is 10.6. The minimum Gasteiger partial charge on any atom is -0.402 e. The summed E-state index contributed by atoms with van der Waals surface area (Å²) in [4.78, 5) is 3.18. The number of aromatic amines is 2. The van der Waals surface area contributed by atoms with E-state index in [2.05, 4.69) is 25.4 Å². The highest BCUT2D eigenvalue weighted by molar-refractivity contribution is 6.45. The van der Waals surface area contributed by atoms with Crippen LogP contribution in [0.15, 0.2) is 28.9 Å². The number of anilines is 1. The second kappa shape index (κ2) is 4.75. The first kappa shape index (κ1) is 13.2. The van der Waals surface area contributed by atoms with Crippen LogP contribution in [0, 0.1) is 0 Å². The van der Waals surface area contributed by atoms with Gasteiger partial charge in [0.05, 0.1) is 21.8 Å². The van der Waals surface area contributed by atoms with Gasteiger partial charge in [0.1, 0.15) is 5.69 Å². The molecule has 0 bridgehead atoms. The quantitative estimate of drug-likeness (QED) is 0.519. The summed E-state index contributed by atoms with van der Waals surface area (Å²) >= 11 is 12.4. The van der Waals surface area contributed by atoms with E-state index in [-0.39, 0.29) is 11.9 Å². The zero-order valence-electron chi connectivity index (χ0n) is 10.9. The van der Waals surface area contributed by atoms with E-state index in [0.29, 0.717) is 21.3 Å². The van der Waals surface area contributed by atoms with Gasteiger partial charge in [-0.15, -0.1) is 5.10 Å². The molecule has 0 aliphatic carbocycles. The molecule has 0 unspecified atom stereocenters. The molecule has 0 saturated heterocycles. The number of H-pyrrole nitrogens is 2. The van der Waals surface area contributed by atoms with E-state index in [1.165, 1.54) is 0 Å². The molecule has 0 aliphatic rings. The molecule has 3 aromatic heterocycles. The molecule has 4 N–H and O–H groups in total. The molecule has 7 nitrogen and oxygen atoms in total. The molecule has 4 rings (SSSR count). The van der Waals surface area contributed by atoms with Crippen molar-refractivity contribution in [2.24, 2.45) is 0 Å². The maximum absolute atomic E-state index is 6.29. The van der Waals surface area contributed by atoms with Gasteiger partial charge < -0.3 is 15.1 Å². The summed E-state index contributed by atoms with van der Waals surface area (Å²) in [6, 6.07) is 3.58. The zero-order chi connectivity index (χ0) is 15.3. The van der Waals surface area contributed by atoms with Crippen molar-refractivity contribution in [3.05, 3.63) is 34.6 Å². The van der Waals surface area contributed by atoms with Gasteiger partial charge in [0, 0.05) is 22.7 Å². The standard InChI is InChI=1S/C13H8Cl2N6O/c14-7-2-1-6-8(5-3-17-18-4-5)11(19-10(6)9(7)15)12-20-21-13(16)22-12/h1-4,19H,(H2,16,21)(H,17,18). The minimum atomic E-state index is -0.0177. The van der Waals surface area contributed by atoms with E-state index in [9.17, 15) is 0 Å². The van der Waals surface area contributed by atoms with Gasteiger partial charge in [-0.05, 0) is 6.07 Å². The zero-order valence-corrected chi connectivity index (χ0v) is 12.4. The Hall–Kier alpha value is -2.51. The third-order valence-corrected chi connectivity index (χ3v) is 4.11. The van der Waals surface area contributed by atoms with Gasteiger partial charge in [-0.25, -0.2) is 0 Å². The maximum atomic E-state index is 6.29. The lowest BCUT2D eigenvalue weighted by atomic mass is 10.1. The van der Waals surface area contributed by atoms with E-state index in [4.69, 9.17) is 33.4 Å². The molecule has 9 heteroatoms. The van der Waals surface area contributed by atoms with Gasteiger partial charge in [-0.2, -0.15) is 5.10 Å². The summed E-state index contributed by atoms with van der Waals surface area (Å²) in [6.07, 6.45) is 3.45. The number of halogens is 2. The van der Waals surface area contributed by atoms with Crippen LogP contribution in [-0.2, 0) is 0 Å². The first-order valence-electron chi connectivity index (χ1n) is 6.23. The fraction of sp³-hybridized carbons (Fsp3) is 0. The predicted octanol–water partition coefficient (Wildman–Crippen LogP) is 3.50. The molecule has 3 heterocycles. The Morgan fingerprint density at radius 1 is 1.18 bits per heavy atom. The lowest BCUT2D eigenvalue weighted by Crippen LogP contribution is -1.81. The van der Waals surface area contributed by atoms with E-state index < -0.39 is 0 Å². The van der Waals surface area contributed by atoms with E-state index in [0.717, 1.165) is 16.5 Å². The molecular weight excluding hydrogens is 327 g/mol. The van der Waals surface area contributed by atoms with Gasteiger partial charge in [0.25, 0.3) is 5.89 Å². The topological polar surface area (TPSA) is 109 Å². The van der Waals surface area contributed by atoms with Gasteiger partial charge in [0.15, 0.2) is 0 Å². The van der Waals surface area contributed by atoms with Gasteiger partial charge in [-0.3, -0.25) is 5.10 Å². The number of hydrogen-bond acceptors (Lipinski definition) is 5. The van der Waals surface area contributed by atoms with Gasteiger partial charge in [-0.1, -0.05) is 34.4 Å². The molecule has 1 aromatic carbocycles. The monoisotopic (exact) mass is 334 g/mol. The molecule has 0 amide bonds. The number of hydrogen-bond donors (Lipinski definition) is 3. The molecule has 110 valence electrons. The van der Waals surface area contributed by atoms with Crippen LogP contribution in [-0.4, -0.2) is 25.4 Å². The lowest BCUT2D eigenvalue weighted by molar-refractivity contribution is 0.588. The number of benzene rings is 1. The van der Waals surface area contributed by atoms with Gasteiger partial charge >= 0.3 is 6.01 Å². The Morgan fingerprint density at radius 2 is 2.05 bits per heavy atom. The first-order valence-corrected chi connectivity index (χ1v) is 6.99. The van der Waals surface area contributed by atoms with Crippen LogP contribution in [0.5, 0.6) is 0 Å². The predicted molar refractivity (Wildman–Crippen MR) is 83.6 cm³/mol. The van der Waals surface area contributed by atoms with E-state index >= 15 is 0 Å². The van der Waals surface area contributed by atoms with E-state index in [1.54, 1.807) is 18.5 Å². The molecule has 0 fully saturated rings. The van der Waals surface area contributed by atoms with Crippen molar-refractivity contribution in [1.29, 1.82) is 0 Å². The Morgan fingerprint density at radius 3 is 2.73 bits per heavy atom. The van der Waals surface area contributed by atoms with Crippen molar-refractivity contribution < 1.29 is 4.42 Å². The molecule has 4 aromatic rings. The fourth-order valence-electron chi connectivity index (χ4n) is 2.39. The Labute approximate surface area is 133 Å². The highest BCUT2D eigenvalue weighted by Gasteiger charge is 2.21. The Balaban J connectivity index is 2.11. The normalized spacial score (nSPS) is 11.4. The van der Waals surface area contributed by atoms with Crippen LogP contribution >= 0.6 is 23.2 Å². The Bertz CT molecular complexity index is 972. The number of nitrogens with zero attached hydrogens (tertiary/aromatic N) is 3. The largest absolute Gasteiger partial charge is 0.402 e. The average Bonchev–Trinajstić information content (AvgIpc) is 3.20. The summed E-state index contributed by atoms with van der Waals surface area (Å²) in [5.74, 6) is 0.261. The van der Waals surface area contributed by atoms with Crippen molar-refractivity contribution in [1.82, 2.24) is 25.4 Å². The minimum absolute atomic E-state index is 0.0177. The van der Waals surface area contributed by atoms with Crippen molar-refractivity contribution in [3.63, 3.8) is 0 Å². The number of rotatable bonds is 2. The summed E-state index contributed by atoms with van der Waals surface area (Å²) in [7, 11) is 0. The number of aromatic nitrogens is 5. The fourth-order valence-corrected chi connectivity index (χ4v) is 2.76. The Kier molecular flexibility index (Phi) is 2.85. The smallest absolute Gasteiger partial charge is 0.313 e. The lowest BCUT2D eigenvalue weighted by Gasteiger charge is -1.99. The SMILES string of the molecule is Nc1nnc(-c2[nH]c3c(Cl)c(Cl)ccc3c2-c2cn[nH]c2)o1. The molecule has 0 atom stereocenters. The molecule has 0 saturated carbocycles. The van der Waals surface area contributed by atoms with Crippen LogP contribution in [0.3, 0.4) is 0 Å². The van der Waals surface area contributed by atoms with E-state index in [1.807, 2.05) is 6.07 Å². The molecule has 0 radical (unpaired) electrons. The summed E-state index contributed by atoms with van der Waals surface area (Å²) in [6.45, 7) is 0. The summed E-state index contributed by atoms with van der Waals surface area (Å²) in [5.41, 5.74) is 8.46. The van der Waals surface area contributed by atoms with Crippen LogP contribution < -0.4 is 5.73 Å². The second-order valence-electron chi connectivity index (χ2n) is 4.59. The highest BCUT2D eigenvalue weighted by Crippen LogP contribution is 2.41.